The third kappa shape index (κ3) is 5.94. The van der Waals surface area contributed by atoms with Crippen LogP contribution in [0, 0.1) is 5.92 Å². The summed E-state index contributed by atoms with van der Waals surface area (Å²) in [6, 6.07) is 1.39. The average Bonchev–Trinajstić information content (AvgIpc) is 2.40. The zero-order chi connectivity index (χ0) is 13.8. The maximum atomic E-state index is 3.70. The third-order valence-electron chi connectivity index (χ3n) is 3.74. The largest absolute Gasteiger partial charge is 0.312 e. The maximum absolute atomic E-state index is 3.70. The van der Waals surface area contributed by atoms with Crippen LogP contribution >= 0.6 is 11.8 Å². The molecule has 2 unspecified atom stereocenters. The zero-order valence-corrected chi connectivity index (χ0v) is 13.9. The molecule has 0 spiro atoms. The Balaban J connectivity index is 2.44. The van der Waals surface area contributed by atoms with E-state index in [9.17, 15) is 0 Å². The van der Waals surface area contributed by atoms with Crippen molar-refractivity contribution in [2.24, 2.45) is 5.92 Å². The second-order valence-electron chi connectivity index (χ2n) is 6.90. The standard InChI is InChI=1S/C15H32N2S/c1-12(2)14-11-17(13(3)7-8-16-14)9-10-18-15(4,5)6/h12-14,16H,7-11H2,1-6H3. The number of hydrogen-bond donors (Lipinski definition) is 1. The number of nitrogens with one attached hydrogen (secondary N) is 1. The topological polar surface area (TPSA) is 15.3 Å². The van der Waals surface area contributed by atoms with Gasteiger partial charge in [-0.05, 0) is 25.8 Å². The van der Waals surface area contributed by atoms with Crippen LogP contribution in [0.2, 0.25) is 0 Å². The fraction of sp³-hybridized carbons (Fsp3) is 1.00. The van der Waals surface area contributed by atoms with E-state index in [0.717, 1.165) is 12.0 Å². The lowest BCUT2D eigenvalue weighted by Gasteiger charge is -2.31. The summed E-state index contributed by atoms with van der Waals surface area (Å²) in [6.07, 6.45) is 1.28. The number of nitrogens with zero attached hydrogens (tertiary/aromatic N) is 1. The molecule has 1 N–H and O–H groups in total. The van der Waals surface area contributed by atoms with Crippen molar-refractivity contribution in [2.45, 2.75) is 64.8 Å². The summed E-state index contributed by atoms with van der Waals surface area (Å²) in [5.74, 6) is 1.98. The van der Waals surface area contributed by atoms with Crippen molar-refractivity contribution in [3.8, 4) is 0 Å². The number of thioether (sulfide) groups is 1. The molecular weight excluding hydrogens is 240 g/mol. The predicted molar refractivity (Wildman–Crippen MR) is 84.5 cm³/mol. The van der Waals surface area contributed by atoms with E-state index in [1.54, 1.807) is 0 Å². The molecule has 3 heteroatoms. The van der Waals surface area contributed by atoms with E-state index in [4.69, 9.17) is 0 Å². The molecule has 0 aliphatic carbocycles. The molecule has 0 bridgehead atoms. The van der Waals surface area contributed by atoms with Crippen molar-refractivity contribution in [2.75, 3.05) is 25.4 Å². The summed E-state index contributed by atoms with van der Waals surface area (Å²) in [6.45, 7) is 17.6. The summed E-state index contributed by atoms with van der Waals surface area (Å²) < 4.78 is 0.394. The molecule has 0 radical (unpaired) electrons. The van der Waals surface area contributed by atoms with Gasteiger partial charge in [0.25, 0.3) is 0 Å². The monoisotopic (exact) mass is 272 g/mol. The Hall–Kier alpha value is 0.270. The zero-order valence-electron chi connectivity index (χ0n) is 13.1. The van der Waals surface area contributed by atoms with E-state index in [1.807, 2.05) is 0 Å². The van der Waals surface area contributed by atoms with Crippen LogP contribution < -0.4 is 5.32 Å². The van der Waals surface area contributed by atoms with Crippen LogP contribution in [-0.2, 0) is 0 Å². The van der Waals surface area contributed by atoms with Crippen LogP contribution in [0.1, 0.15) is 48.0 Å². The maximum Gasteiger partial charge on any atom is 0.0218 e. The minimum atomic E-state index is 0.394. The molecular formula is C15H32N2S. The normalized spacial score (nSPS) is 27.5. The first-order valence-electron chi connectivity index (χ1n) is 7.41. The van der Waals surface area contributed by atoms with Gasteiger partial charge in [-0.3, -0.25) is 4.90 Å². The highest BCUT2D eigenvalue weighted by Crippen LogP contribution is 2.23. The molecule has 2 nitrogen and oxygen atoms in total. The molecule has 1 rings (SSSR count). The van der Waals surface area contributed by atoms with Gasteiger partial charge in [-0.25, -0.2) is 0 Å². The Kier molecular flexibility index (Phi) is 6.49. The van der Waals surface area contributed by atoms with Gasteiger partial charge in [0.15, 0.2) is 0 Å². The lowest BCUT2D eigenvalue weighted by atomic mass is 10.0. The minimum Gasteiger partial charge on any atom is -0.312 e. The first kappa shape index (κ1) is 16.3. The van der Waals surface area contributed by atoms with E-state index in [-0.39, 0.29) is 0 Å². The first-order chi connectivity index (χ1) is 8.29. The quantitative estimate of drug-likeness (QED) is 0.846. The molecule has 1 aliphatic rings. The van der Waals surface area contributed by atoms with Crippen molar-refractivity contribution >= 4 is 11.8 Å². The molecule has 18 heavy (non-hydrogen) atoms. The summed E-state index contributed by atoms with van der Waals surface area (Å²) in [4.78, 5) is 2.68. The Morgan fingerprint density at radius 3 is 2.56 bits per heavy atom. The molecule has 1 saturated heterocycles. The predicted octanol–water partition coefficient (Wildman–Crippen LogP) is 3.23. The molecule has 0 aromatic heterocycles. The van der Waals surface area contributed by atoms with Crippen LogP contribution in [0.5, 0.6) is 0 Å². The van der Waals surface area contributed by atoms with Crippen LogP contribution in [0.3, 0.4) is 0 Å². The molecule has 108 valence electrons. The van der Waals surface area contributed by atoms with Gasteiger partial charge in [-0.2, -0.15) is 11.8 Å². The Labute approximate surface area is 118 Å². The molecule has 1 aliphatic heterocycles. The van der Waals surface area contributed by atoms with Gasteiger partial charge < -0.3 is 5.32 Å². The van der Waals surface area contributed by atoms with Gasteiger partial charge in [0.1, 0.15) is 0 Å². The van der Waals surface area contributed by atoms with Gasteiger partial charge in [0, 0.05) is 35.7 Å². The van der Waals surface area contributed by atoms with Crippen molar-refractivity contribution in [1.29, 1.82) is 0 Å². The second kappa shape index (κ2) is 7.16. The number of rotatable bonds is 4. The Morgan fingerprint density at radius 1 is 1.33 bits per heavy atom. The molecule has 2 atom stereocenters. The summed E-state index contributed by atoms with van der Waals surface area (Å²) in [5, 5.41) is 3.70. The highest BCUT2D eigenvalue weighted by Gasteiger charge is 2.24. The molecule has 1 fully saturated rings. The molecule has 0 saturated carbocycles. The van der Waals surface area contributed by atoms with Crippen molar-refractivity contribution < 1.29 is 0 Å². The highest BCUT2D eigenvalue weighted by molar-refractivity contribution is 8.00. The molecule has 0 aromatic rings. The smallest absolute Gasteiger partial charge is 0.0218 e. The lowest BCUT2D eigenvalue weighted by molar-refractivity contribution is 0.204. The molecule has 1 heterocycles. The highest BCUT2D eigenvalue weighted by atomic mass is 32.2. The van der Waals surface area contributed by atoms with Crippen LogP contribution in [-0.4, -0.2) is 47.1 Å². The van der Waals surface area contributed by atoms with E-state index in [2.05, 4.69) is 63.5 Å². The van der Waals surface area contributed by atoms with Gasteiger partial charge in [-0.15, -0.1) is 0 Å². The van der Waals surface area contributed by atoms with Crippen molar-refractivity contribution in [3.05, 3.63) is 0 Å². The SMILES string of the molecule is CC(C)C1CN(CCSC(C)(C)C)C(C)CCN1. The van der Waals surface area contributed by atoms with Gasteiger partial charge in [-0.1, -0.05) is 34.6 Å². The van der Waals surface area contributed by atoms with Gasteiger partial charge in [0.05, 0.1) is 0 Å². The van der Waals surface area contributed by atoms with Gasteiger partial charge >= 0.3 is 0 Å². The fourth-order valence-corrected chi connectivity index (χ4v) is 3.32. The second-order valence-corrected chi connectivity index (χ2v) is 8.82. The van der Waals surface area contributed by atoms with Crippen molar-refractivity contribution in [1.82, 2.24) is 10.2 Å². The first-order valence-corrected chi connectivity index (χ1v) is 8.39. The van der Waals surface area contributed by atoms with Crippen LogP contribution in [0.25, 0.3) is 0 Å². The third-order valence-corrected chi connectivity index (χ3v) is 4.99. The van der Waals surface area contributed by atoms with E-state index < -0.39 is 0 Å². The van der Waals surface area contributed by atoms with Crippen LogP contribution in [0.4, 0.5) is 0 Å². The molecule has 0 amide bonds. The van der Waals surface area contributed by atoms with E-state index in [0.29, 0.717) is 10.8 Å². The minimum absolute atomic E-state index is 0.394. The number of hydrogen-bond acceptors (Lipinski definition) is 3. The average molecular weight is 273 g/mol. The summed E-state index contributed by atoms with van der Waals surface area (Å²) in [5.41, 5.74) is 0. The molecule has 0 aromatic carbocycles. The summed E-state index contributed by atoms with van der Waals surface area (Å²) >= 11 is 2.08. The van der Waals surface area contributed by atoms with E-state index in [1.165, 1.54) is 31.8 Å². The summed E-state index contributed by atoms with van der Waals surface area (Å²) in [7, 11) is 0. The van der Waals surface area contributed by atoms with Crippen LogP contribution in [0.15, 0.2) is 0 Å². The van der Waals surface area contributed by atoms with Crippen molar-refractivity contribution in [3.63, 3.8) is 0 Å². The lowest BCUT2D eigenvalue weighted by Crippen LogP contribution is -2.43. The van der Waals surface area contributed by atoms with E-state index >= 15 is 0 Å². The Morgan fingerprint density at radius 2 is 2.00 bits per heavy atom. The Bertz CT molecular complexity index is 235. The van der Waals surface area contributed by atoms with Gasteiger partial charge in [0.2, 0.25) is 0 Å². The fourth-order valence-electron chi connectivity index (χ4n) is 2.38.